The van der Waals surface area contributed by atoms with Gasteiger partial charge in [-0.2, -0.15) is 0 Å². The molecular weight excluding hydrogens is 471 g/mol. The van der Waals surface area contributed by atoms with Crippen molar-refractivity contribution in [3.63, 3.8) is 0 Å². The van der Waals surface area contributed by atoms with E-state index in [4.69, 9.17) is 9.72 Å². The molecule has 3 aliphatic rings. The van der Waals surface area contributed by atoms with Crippen molar-refractivity contribution >= 4 is 27.8 Å². The Hall–Kier alpha value is -3.46. The van der Waals surface area contributed by atoms with Crippen LogP contribution in [-0.4, -0.2) is 63.8 Å². The Morgan fingerprint density at radius 3 is 2.54 bits per heavy atom. The molecule has 2 aliphatic heterocycles. The number of aromatic nitrogens is 4. The van der Waals surface area contributed by atoms with Crippen LogP contribution in [0.15, 0.2) is 35.4 Å². The second kappa shape index (κ2) is 8.28. The van der Waals surface area contributed by atoms with Crippen molar-refractivity contribution in [2.45, 2.75) is 37.8 Å². The molecule has 0 amide bonds. The summed E-state index contributed by atoms with van der Waals surface area (Å²) in [5, 5.41) is 0.699. The maximum absolute atomic E-state index is 15.7. The fourth-order valence-electron chi connectivity index (χ4n) is 6.24. The van der Waals surface area contributed by atoms with E-state index >= 15 is 4.39 Å². The molecule has 192 valence electrons. The first-order valence-electron chi connectivity index (χ1n) is 13.1. The lowest BCUT2D eigenvalue weighted by Crippen LogP contribution is -2.42. The van der Waals surface area contributed by atoms with Gasteiger partial charge in [-0.1, -0.05) is 0 Å². The second-order valence-corrected chi connectivity index (χ2v) is 11.0. The summed E-state index contributed by atoms with van der Waals surface area (Å²) in [6.07, 6.45) is 7.74. The molecule has 1 saturated carbocycles. The molecule has 0 N–H and O–H groups in total. The topological polar surface area (TPSA) is 68.4 Å². The number of imidazole rings is 1. The van der Waals surface area contributed by atoms with Gasteiger partial charge in [0.25, 0.3) is 0 Å². The summed E-state index contributed by atoms with van der Waals surface area (Å²) < 4.78 is 25.6. The Balaban J connectivity index is 1.34. The standard InChI is InChI=1S/C28H31FN6O2/c1-32(2)18-8-10-34(11-9-18)23-7-6-17(13-31-23)24-19(29)12-20-25-26-21(14-30-20)33(3)28(36)35(26)22(16-4-5-16)15-37-27(24)25/h6-7,12-14,16,18,22H,4-5,8-11,15H2,1-3H3. The first-order valence-corrected chi connectivity index (χ1v) is 13.1. The summed E-state index contributed by atoms with van der Waals surface area (Å²) in [4.78, 5) is 27.1. The van der Waals surface area contributed by atoms with Crippen LogP contribution in [0.5, 0.6) is 5.75 Å². The molecule has 4 aromatic rings. The van der Waals surface area contributed by atoms with Crippen molar-refractivity contribution < 1.29 is 9.13 Å². The molecule has 0 spiro atoms. The van der Waals surface area contributed by atoms with E-state index in [2.05, 4.69) is 28.9 Å². The summed E-state index contributed by atoms with van der Waals surface area (Å²) in [6, 6.07) is 5.88. The van der Waals surface area contributed by atoms with Crippen LogP contribution in [0, 0.1) is 11.7 Å². The van der Waals surface area contributed by atoms with Crippen LogP contribution in [0.2, 0.25) is 0 Å². The Labute approximate surface area is 214 Å². The van der Waals surface area contributed by atoms with Crippen LogP contribution < -0.4 is 15.3 Å². The van der Waals surface area contributed by atoms with Gasteiger partial charge in [0.2, 0.25) is 0 Å². The van der Waals surface area contributed by atoms with Crippen molar-refractivity contribution in [1.29, 1.82) is 0 Å². The summed E-state index contributed by atoms with van der Waals surface area (Å²) in [5.74, 6) is 1.36. The minimum absolute atomic E-state index is 0.0734. The second-order valence-electron chi connectivity index (χ2n) is 11.0. The molecule has 2 fully saturated rings. The third-order valence-electron chi connectivity index (χ3n) is 8.56. The van der Waals surface area contributed by atoms with E-state index in [1.165, 1.54) is 6.07 Å². The Morgan fingerprint density at radius 2 is 1.86 bits per heavy atom. The van der Waals surface area contributed by atoms with E-state index in [1.54, 1.807) is 24.0 Å². The summed E-state index contributed by atoms with van der Waals surface area (Å²) in [7, 11) is 6.04. The van der Waals surface area contributed by atoms with E-state index in [0.717, 1.165) is 55.6 Å². The van der Waals surface area contributed by atoms with Crippen LogP contribution >= 0.6 is 0 Å². The predicted molar refractivity (Wildman–Crippen MR) is 142 cm³/mol. The Kier molecular flexibility index (Phi) is 5.08. The molecule has 1 atom stereocenters. The lowest BCUT2D eigenvalue weighted by molar-refractivity contribution is 0.239. The van der Waals surface area contributed by atoms with E-state index in [9.17, 15) is 4.79 Å². The number of pyridine rings is 2. The molecule has 8 nitrogen and oxygen atoms in total. The zero-order valence-corrected chi connectivity index (χ0v) is 21.4. The van der Waals surface area contributed by atoms with Crippen molar-refractivity contribution in [2.75, 3.05) is 38.7 Å². The van der Waals surface area contributed by atoms with E-state index < -0.39 is 5.82 Å². The molecule has 9 heteroatoms. The molecule has 37 heavy (non-hydrogen) atoms. The maximum atomic E-state index is 15.7. The largest absolute Gasteiger partial charge is 0.490 e. The van der Waals surface area contributed by atoms with Crippen molar-refractivity contribution in [2.24, 2.45) is 13.0 Å². The third kappa shape index (κ3) is 3.47. The number of nitrogens with zero attached hydrogens (tertiary/aromatic N) is 6. The first kappa shape index (κ1) is 22.7. The number of hydrogen-bond donors (Lipinski definition) is 0. The molecule has 1 saturated heterocycles. The van der Waals surface area contributed by atoms with Crippen LogP contribution in [-0.2, 0) is 7.05 Å². The Morgan fingerprint density at radius 1 is 1.08 bits per heavy atom. The number of rotatable bonds is 4. The number of halogens is 1. The lowest BCUT2D eigenvalue weighted by atomic mass is 10.0. The van der Waals surface area contributed by atoms with Gasteiger partial charge in [-0.25, -0.2) is 14.2 Å². The molecule has 7 rings (SSSR count). The number of hydrogen-bond acceptors (Lipinski definition) is 6. The van der Waals surface area contributed by atoms with Crippen molar-refractivity contribution in [3.05, 3.63) is 46.9 Å². The van der Waals surface area contributed by atoms with Gasteiger partial charge in [0, 0.05) is 44.0 Å². The van der Waals surface area contributed by atoms with E-state index in [1.807, 2.05) is 16.7 Å². The normalized spacial score (nSPS) is 20.2. The first-order chi connectivity index (χ1) is 17.9. The van der Waals surface area contributed by atoms with Gasteiger partial charge in [-0.3, -0.25) is 14.1 Å². The highest BCUT2D eigenvalue weighted by atomic mass is 19.1. The van der Waals surface area contributed by atoms with Crippen LogP contribution in [0.4, 0.5) is 10.2 Å². The number of benzene rings is 1. The molecule has 5 heterocycles. The minimum Gasteiger partial charge on any atom is -0.490 e. The summed E-state index contributed by atoms with van der Waals surface area (Å²) in [6.45, 7) is 2.23. The van der Waals surface area contributed by atoms with Crippen molar-refractivity contribution in [3.8, 4) is 16.9 Å². The fraction of sp³-hybridized carbons (Fsp3) is 0.464. The van der Waals surface area contributed by atoms with Gasteiger partial charge < -0.3 is 14.5 Å². The molecule has 1 aliphatic carbocycles. The lowest BCUT2D eigenvalue weighted by Gasteiger charge is -2.35. The number of aryl methyl sites for hydroxylation is 1. The van der Waals surface area contributed by atoms with Gasteiger partial charge >= 0.3 is 5.69 Å². The monoisotopic (exact) mass is 502 g/mol. The highest BCUT2D eigenvalue weighted by Crippen LogP contribution is 2.47. The van der Waals surface area contributed by atoms with Crippen LogP contribution in [0.25, 0.3) is 33.1 Å². The molecule has 1 aromatic carbocycles. The Bertz CT molecular complexity index is 1580. The average Bonchev–Trinajstić information content (AvgIpc) is 3.73. The smallest absolute Gasteiger partial charge is 0.329 e. The van der Waals surface area contributed by atoms with Crippen molar-refractivity contribution in [1.82, 2.24) is 24.0 Å². The number of piperidine rings is 1. The summed E-state index contributed by atoms with van der Waals surface area (Å²) in [5.41, 5.74) is 2.98. The zero-order chi connectivity index (χ0) is 25.4. The molecular formula is C28H31FN6O2. The number of anilines is 1. The van der Waals surface area contributed by atoms with Gasteiger partial charge in [0.15, 0.2) is 0 Å². The van der Waals surface area contributed by atoms with Gasteiger partial charge in [0.05, 0.1) is 39.7 Å². The van der Waals surface area contributed by atoms with Gasteiger partial charge in [0.1, 0.15) is 24.0 Å². The number of ether oxygens (including phenoxy) is 1. The molecule has 1 unspecified atom stereocenters. The van der Waals surface area contributed by atoms with Gasteiger partial charge in [-0.15, -0.1) is 0 Å². The van der Waals surface area contributed by atoms with Crippen LogP contribution in [0.3, 0.4) is 0 Å². The average molecular weight is 503 g/mol. The zero-order valence-electron chi connectivity index (χ0n) is 21.4. The van der Waals surface area contributed by atoms with Gasteiger partial charge in [-0.05, 0) is 57.8 Å². The molecule has 0 bridgehead atoms. The molecule has 0 radical (unpaired) electrons. The highest BCUT2D eigenvalue weighted by molar-refractivity contribution is 6.09. The SMILES string of the molecule is CN(C)C1CCN(c2ccc(-c3c(F)cc4ncc5c6c4c3OCC(C3CC3)n6c(=O)n5C)cn2)CC1. The summed E-state index contributed by atoms with van der Waals surface area (Å²) >= 11 is 0. The fourth-order valence-corrected chi connectivity index (χ4v) is 6.24. The minimum atomic E-state index is -0.398. The highest BCUT2D eigenvalue weighted by Gasteiger charge is 2.38. The van der Waals surface area contributed by atoms with E-state index in [-0.39, 0.29) is 11.7 Å². The maximum Gasteiger partial charge on any atom is 0.329 e. The third-order valence-corrected chi connectivity index (χ3v) is 8.56. The predicted octanol–water partition coefficient (Wildman–Crippen LogP) is 3.96. The molecule has 3 aromatic heterocycles. The van der Waals surface area contributed by atoms with E-state index in [0.29, 0.717) is 46.3 Å². The quantitative estimate of drug-likeness (QED) is 0.421. The van der Waals surface area contributed by atoms with Crippen LogP contribution in [0.1, 0.15) is 31.7 Å².